The maximum atomic E-state index is 15.3. The number of aromatic nitrogens is 2. The first-order valence-corrected chi connectivity index (χ1v) is 18.6. The highest BCUT2D eigenvalue weighted by Gasteiger charge is 2.33. The summed E-state index contributed by atoms with van der Waals surface area (Å²) >= 11 is 0. The fourth-order valence-corrected chi connectivity index (χ4v) is 5.59. The van der Waals surface area contributed by atoms with Gasteiger partial charge in [0.25, 0.3) is 0 Å². The molecule has 0 spiro atoms. The number of ether oxygens (including phenoxy) is 4. The monoisotopic (exact) mass is 649 g/mol. The minimum absolute atomic E-state index is 0.0595. The van der Waals surface area contributed by atoms with Crippen LogP contribution in [0.3, 0.4) is 0 Å². The molecule has 1 saturated heterocycles. The molecule has 0 unspecified atom stereocenters. The molecule has 1 aliphatic heterocycles. The van der Waals surface area contributed by atoms with Gasteiger partial charge in [-0.15, -0.1) is 0 Å². The summed E-state index contributed by atoms with van der Waals surface area (Å²) in [4.78, 5) is 16.9. The predicted octanol–water partition coefficient (Wildman–Crippen LogP) is 7.15. The van der Waals surface area contributed by atoms with Crippen molar-refractivity contribution in [3.8, 4) is 34.4 Å². The van der Waals surface area contributed by atoms with Crippen molar-refractivity contribution in [1.82, 2.24) is 14.9 Å². The quantitative estimate of drug-likeness (QED) is 0.117. The molecule has 10 nitrogen and oxygen atoms in total. The average Bonchev–Trinajstić information content (AvgIpc) is 3.37. The molecule has 46 heavy (non-hydrogen) atoms. The van der Waals surface area contributed by atoms with Crippen molar-refractivity contribution in [2.75, 3.05) is 38.3 Å². The number of fused-ring (bicyclic) bond motifs is 1. The summed E-state index contributed by atoms with van der Waals surface area (Å²) in [5.74, 6) is -1.90. The number of anilines is 1. The average molecular weight is 650 g/mol. The van der Waals surface area contributed by atoms with Crippen LogP contribution in [0.2, 0.25) is 25.7 Å². The molecule has 0 radical (unpaired) electrons. The molecule has 13 heteroatoms. The smallest absolute Gasteiger partial charge is 0.319 e. The number of pyridine rings is 1. The molecule has 2 aromatic heterocycles. The molecule has 1 fully saturated rings. The number of halogens is 2. The van der Waals surface area contributed by atoms with Crippen molar-refractivity contribution in [3.05, 3.63) is 66.5 Å². The Kier molecular flexibility index (Phi) is 9.90. The summed E-state index contributed by atoms with van der Waals surface area (Å²) in [6, 6.07) is 13.0. The van der Waals surface area contributed by atoms with E-state index >= 15 is 8.78 Å². The van der Waals surface area contributed by atoms with Crippen LogP contribution in [0.4, 0.5) is 19.3 Å². The van der Waals surface area contributed by atoms with Crippen LogP contribution in [0.5, 0.6) is 17.2 Å². The van der Waals surface area contributed by atoms with Crippen LogP contribution in [0.1, 0.15) is 6.92 Å². The van der Waals surface area contributed by atoms with Crippen molar-refractivity contribution < 1.29 is 32.5 Å². The molecule has 4 aromatic rings. The van der Waals surface area contributed by atoms with Crippen LogP contribution in [-0.2, 0) is 16.2 Å². The second kappa shape index (κ2) is 13.9. The van der Waals surface area contributed by atoms with Gasteiger partial charge < -0.3 is 34.1 Å². The topological polar surface area (TPSA) is 120 Å². The van der Waals surface area contributed by atoms with Gasteiger partial charge in [-0.25, -0.2) is 18.6 Å². The maximum Gasteiger partial charge on any atom is 0.319 e. The van der Waals surface area contributed by atoms with Gasteiger partial charge >= 0.3 is 6.03 Å². The molecule has 5 rings (SSSR count). The van der Waals surface area contributed by atoms with Gasteiger partial charge in [0.05, 0.1) is 18.6 Å². The fourth-order valence-electron chi connectivity index (χ4n) is 4.84. The lowest BCUT2D eigenvalue weighted by Crippen LogP contribution is -2.49. The standard InChI is InChI=1S/C33H37F2N5O5Si/c1-33(19-43-20-33)18-38-32(41)39-23-15-26(34)30(27(35)16-23)45-28-9-11-37-31-29(28)25(17-40(31)21-42-13-14-46(2,3)4)22-5-7-24(8-6-22)44-12-10-36/h5-9,11,15-17H,12-14,18-21H2,1-4H3,(H2,38,39,41). The minimum Gasteiger partial charge on any atom is -0.479 e. The Morgan fingerprint density at radius 2 is 1.87 bits per heavy atom. The zero-order chi connectivity index (χ0) is 32.9. The number of carbonyl (C=O) groups is 1. The molecule has 242 valence electrons. The van der Waals surface area contributed by atoms with Crippen LogP contribution in [0.25, 0.3) is 22.2 Å². The number of benzene rings is 2. The van der Waals surface area contributed by atoms with Crippen molar-refractivity contribution in [1.29, 1.82) is 5.26 Å². The lowest BCUT2D eigenvalue weighted by atomic mass is 9.89. The minimum atomic E-state index is -1.30. The summed E-state index contributed by atoms with van der Waals surface area (Å²) in [6.45, 7) is 11.0. The molecule has 0 aliphatic carbocycles. The Balaban J connectivity index is 1.42. The Hall–Kier alpha value is -4.51. The maximum absolute atomic E-state index is 15.3. The van der Waals surface area contributed by atoms with E-state index in [9.17, 15) is 4.79 Å². The van der Waals surface area contributed by atoms with Gasteiger partial charge in [-0.2, -0.15) is 5.26 Å². The molecule has 2 aromatic carbocycles. The Bertz CT molecular complexity index is 1720. The van der Waals surface area contributed by atoms with Gasteiger partial charge in [0.2, 0.25) is 0 Å². The third kappa shape index (κ3) is 8.00. The van der Waals surface area contributed by atoms with E-state index in [-0.39, 0.29) is 30.2 Å². The fraction of sp³-hybridized carbons (Fsp3) is 0.364. The van der Waals surface area contributed by atoms with E-state index < -0.39 is 31.5 Å². The van der Waals surface area contributed by atoms with E-state index in [1.54, 1.807) is 12.1 Å². The lowest BCUT2D eigenvalue weighted by Gasteiger charge is -2.37. The molecule has 1 aliphatic rings. The van der Waals surface area contributed by atoms with Crippen LogP contribution in [-0.4, -0.2) is 56.6 Å². The molecular weight excluding hydrogens is 612 g/mol. The number of nitrogens with one attached hydrogen (secondary N) is 2. The van der Waals surface area contributed by atoms with Crippen LogP contribution in [0.15, 0.2) is 54.9 Å². The van der Waals surface area contributed by atoms with E-state index in [1.165, 1.54) is 12.3 Å². The van der Waals surface area contributed by atoms with Gasteiger partial charge in [0.1, 0.15) is 29.9 Å². The third-order valence-corrected chi connectivity index (χ3v) is 9.16. The van der Waals surface area contributed by atoms with Crippen LogP contribution in [0, 0.1) is 28.4 Å². The van der Waals surface area contributed by atoms with E-state index in [1.807, 2.05) is 35.9 Å². The van der Waals surface area contributed by atoms with E-state index in [0.717, 1.165) is 23.7 Å². The van der Waals surface area contributed by atoms with Gasteiger partial charge in [0.15, 0.2) is 24.0 Å². The molecule has 0 atom stereocenters. The molecular formula is C33H37F2N5O5Si. The second-order valence-electron chi connectivity index (χ2n) is 12.8. The van der Waals surface area contributed by atoms with Crippen LogP contribution >= 0.6 is 0 Å². The Morgan fingerprint density at radius 1 is 1.15 bits per heavy atom. The third-order valence-electron chi connectivity index (χ3n) is 7.46. The molecule has 2 amide bonds. The number of nitriles is 1. The van der Waals surface area contributed by atoms with E-state index in [0.29, 0.717) is 48.7 Å². The molecule has 2 N–H and O–H groups in total. The summed E-state index contributed by atoms with van der Waals surface area (Å²) in [7, 11) is -1.30. The lowest BCUT2D eigenvalue weighted by molar-refractivity contribution is -0.0974. The second-order valence-corrected chi connectivity index (χ2v) is 18.4. The number of rotatable bonds is 13. The Labute approximate surface area is 267 Å². The summed E-state index contributed by atoms with van der Waals surface area (Å²) in [6.07, 6.45) is 3.36. The van der Waals surface area contributed by atoms with Crippen molar-refractivity contribution >= 4 is 30.8 Å². The number of hydrogen-bond donors (Lipinski definition) is 2. The SMILES string of the molecule is CC1(CNC(=O)Nc2cc(F)c(Oc3ccnc4c3c(-c3ccc(OCC#N)cc3)cn4COCC[Si](C)(C)C)c(F)c2)COC1. The highest BCUT2D eigenvalue weighted by Crippen LogP contribution is 2.40. The van der Waals surface area contributed by atoms with Crippen molar-refractivity contribution in [2.45, 2.75) is 39.3 Å². The summed E-state index contributed by atoms with van der Waals surface area (Å²) in [5.41, 5.74) is 1.75. The van der Waals surface area contributed by atoms with Crippen molar-refractivity contribution in [3.63, 3.8) is 0 Å². The number of urea groups is 1. The first kappa shape index (κ1) is 32.9. The predicted molar refractivity (Wildman–Crippen MR) is 173 cm³/mol. The van der Waals surface area contributed by atoms with Gasteiger partial charge in [-0.05, 0) is 29.8 Å². The number of carbonyl (C=O) groups excluding carboxylic acids is 1. The highest BCUT2D eigenvalue weighted by atomic mass is 28.3. The Morgan fingerprint density at radius 3 is 2.50 bits per heavy atom. The molecule has 0 bridgehead atoms. The first-order valence-electron chi connectivity index (χ1n) is 14.9. The normalized spacial score (nSPS) is 13.9. The van der Waals surface area contributed by atoms with Crippen molar-refractivity contribution in [2.24, 2.45) is 5.41 Å². The van der Waals surface area contributed by atoms with Crippen LogP contribution < -0.4 is 20.1 Å². The number of hydrogen-bond acceptors (Lipinski definition) is 7. The molecule has 3 heterocycles. The number of amides is 2. The van der Waals surface area contributed by atoms with E-state index in [2.05, 4.69) is 35.3 Å². The zero-order valence-electron chi connectivity index (χ0n) is 26.3. The van der Waals surface area contributed by atoms with Gasteiger partial charge in [0, 0.05) is 62.4 Å². The first-order chi connectivity index (χ1) is 21.9. The van der Waals surface area contributed by atoms with E-state index in [4.69, 9.17) is 24.2 Å². The number of nitrogens with zero attached hydrogens (tertiary/aromatic N) is 3. The van der Waals surface area contributed by atoms with Gasteiger partial charge in [-0.1, -0.05) is 38.7 Å². The highest BCUT2D eigenvalue weighted by molar-refractivity contribution is 6.76. The summed E-state index contributed by atoms with van der Waals surface area (Å²) < 4.78 is 55.0. The largest absolute Gasteiger partial charge is 0.479 e. The molecule has 0 saturated carbocycles. The van der Waals surface area contributed by atoms with Gasteiger partial charge in [-0.3, -0.25) is 0 Å². The summed E-state index contributed by atoms with van der Waals surface area (Å²) in [5, 5.41) is 14.5. The zero-order valence-corrected chi connectivity index (χ0v) is 27.3.